The highest BCUT2D eigenvalue weighted by Crippen LogP contribution is 2.29. The lowest BCUT2D eigenvalue weighted by molar-refractivity contribution is 0.0692. The van der Waals surface area contributed by atoms with Crippen LogP contribution in [0.5, 0.6) is 0 Å². The number of amides is 1. The van der Waals surface area contributed by atoms with E-state index in [-0.39, 0.29) is 17.9 Å². The first-order valence-electron chi connectivity index (χ1n) is 8.03. The summed E-state index contributed by atoms with van der Waals surface area (Å²) in [6.45, 7) is 2.31. The van der Waals surface area contributed by atoms with E-state index >= 15 is 0 Å². The van der Waals surface area contributed by atoms with E-state index < -0.39 is 0 Å². The highest BCUT2D eigenvalue weighted by atomic mass is 16.5. The highest BCUT2D eigenvalue weighted by Gasteiger charge is 2.30. The van der Waals surface area contributed by atoms with Gasteiger partial charge in [0.2, 0.25) is 0 Å². The molecule has 1 heterocycles. The first-order chi connectivity index (χ1) is 11.1. The molecule has 5 nitrogen and oxygen atoms in total. The van der Waals surface area contributed by atoms with Crippen molar-refractivity contribution in [3.8, 4) is 11.3 Å². The average Bonchev–Trinajstić information content (AvgIpc) is 3.13. The molecule has 1 aliphatic rings. The molecule has 0 bridgehead atoms. The number of carbonyl (C=O) groups excluding carboxylic acids is 1. The minimum atomic E-state index is -0.303. The van der Waals surface area contributed by atoms with Crippen molar-refractivity contribution in [2.45, 2.75) is 32.3 Å². The molecule has 3 rings (SSSR count). The largest absolute Gasteiger partial charge is 0.393 e. The summed E-state index contributed by atoms with van der Waals surface area (Å²) < 4.78 is 5.27. The molecule has 1 fully saturated rings. The molecule has 0 spiro atoms. The zero-order chi connectivity index (χ0) is 16.4. The van der Waals surface area contributed by atoms with Gasteiger partial charge < -0.3 is 14.5 Å². The van der Waals surface area contributed by atoms with Crippen molar-refractivity contribution in [3.63, 3.8) is 0 Å². The second kappa shape index (κ2) is 6.54. The maximum absolute atomic E-state index is 12.9. The standard InChI is InChI=1S/C18H22N2O3/c1-12-16(17(19-23-12)13-7-4-3-5-8-13)18(22)20(2)11-14-9-6-10-15(14)21/h3-5,7-8,14-15,21H,6,9-11H2,1-2H3. The number of nitrogens with zero attached hydrogens (tertiary/aromatic N) is 2. The SMILES string of the molecule is Cc1onc(-c2ccccc2)c1C(=O)N(C)CC1CCCC1O. The van der Waals surface area contributed by atoms with E-state index in [2.05, 4.69) is 5.16 Å². The van der Waals surface area contributed by atoms with Crippen molar-refractivity contribution in [1.82, 2.24) is 10.1 Å². The summed E-state index contributed by atoms with van der Waals surface area (Å²) in [6.07, 6.45) is 2.51. The van der Waals surface area contributed by atoms with E-state index in [4.69, 9.17) is 4.52 Å². The number of hydrogen-bond donors (Lipinski definition) is 1. The van der Waals surface area contributed by atoms with Gasteiger partial charge in [-0.25, -0.2) is 0 Å². The van der Waals surface area contributed by atoms with Crippen molar-refractivity contribution < 1.29 is 14.4 Å². The maximum Gasteiger partial charge on any atom is 0.259 e. The van der Waals surface area contributed by atoms with Gasteiger partial charge in [0.15, 0.2) is 0 Å². The Bertz CT molecular complexity index is 681. The Morgan fingerprint density at radius 2 is 2.09 bits per heavy atom. The van der Waals surface area contributed by atoms with Crippen molar-refractivity contribution >= 4 is 5.91 Å². The number of aliphatic hydroxyl groups is 1. The van der Waals surface area contributed by atoms with Crippen LogP contribution in [-0.2, 0) is 0 Å². The monoisotopic (exact) mass is 314 g/mol. The predicted octanol–water partition coefficient (Wildman–Crippen LogP) is 2.88. The fraction of sp³-hybridized carbons (Fsp3) is 0.444. The predicted molar refractivity (Wildman–Crippen MR) is 87.0 cm³/mol. The Labute approximate surface area is 135 Å². The Kier molecular flexibility index (Phi) is 4.48. The molecule has 1 N–H and O–H groups in total. The van der Waals surface area contributed by atoms with Gasteiger partial charge in [0.1, 0.15) is 17.0 Å². The van der Waals surface area contributed by atoms with E-state index in [0.29, 0.717) is 23.6 Å². The second-order valence-electron chi connectivity index (χ2n) is 6.27. The Morgan fingerprint density at radius 1 is 1.35 bits per heavy atom. The van der Waals surface area contributed by atoms with E-state index in [1.807, 2.05) is 30.3 Å². The Hall–Kier alpha value is -2.14. The van der Waals surface area contributed by atoms with Crippen LogP contribution in [0.25, 0.3) is 11.3 Å². The molecular weight excluding hydrogens is 292 g/mol. The van der Waals surface area contributed by atoms with Crippen molar-refractivity contribution in [1.29, 1.82) is 0 Å². The van der Waals surface area contributed by atoms with Gasteiger partial charge in [-0.05, 0) is 19.8 Å². The molecule has 1 aliphatic carbocycles. The molecule has 0 radical (unpaired) electrons. The van der Waals surface area contributed by atoms with Crippen molar-refractivity contribution in [2.75, 3.05) is 13.6 Å². The first-order valence-corrected chi connectivity index (χ1v) is 8.03. The van der Waals surface area contributed by atoms with E-state index in [1.54, 1.807) is 18.9 Å². The number of aliphatic hydroxyl groups excluding tert-OH is 1. The number of aromatic nitrogens is 1. The molecule has 2 atom stereocenters. The topological polar surface area (TPSA) is 66.6 Å². The lowest BCUT2D eigenvalue weighted by atomic mass is 10.0. The first kappa shape index (κ1) is 15.7. The summed E-state index contributed by atoms with van der Waals surface area (Å²) in [5.41, 5.74) is 1.94. The molecule has 0 aliphatic heterocycles. The quantitative estimate of drug-likeness (QED) is 0.942. The van der Waals surface area contributed by atoms with Crippen LogP contribution >= 0.6 is 0 Å². The summed E-state index contributed by atoms with van der Waals surface area (Å²) >= 11 is 0. The van der Waals surface area contributed by atoms with Gasteiger partial charge in [-0.3, -0.25) is 4.79 Å². The summed E-state index contributed by atoms with van der Waals surface area (Å²) in [4.78, 5) is 14.5. The van der Waals surface area contributed by atoms with Crippen LogP contribution in [0.1, 0.15) is 35.4 Å². The zero-order valence-electron chi connectivity index (χ0n) is 13.5. The molecule has 1 aromatic carbocycles. The highest BCUT2D eigenvalue weighted by molar-refractivity contribution is 6.00. The minimum absolute atomic E-state index is 0.110. The van der Waals surface area contributed by atoms with Crippen LogP contribution in [0.2, 0.25) is 0 Å². The van der Waals surface area contributed by atoms with Gasteiger partial charge >= 0.3 is 0 Å². The van der Waals surface area contributed by atoms with Gasteiger partial charge in [-0.15, -0.1) is 0 Å². The molecule has 1 saturated carbocycles. The molecule has 2 aromatic rings. The molecule has 1 aromatic heterocycles. The minimum Gasteiger partial charge on any atom is -0.393 e. The molecule has 0 saturated heterocycles. The van der Waals surface area contributed by atoms with Crippen molar-refractivity contribution in [3.05, 3.63) is 41.7 Å². The van der Waals surface area contributed by atoms with Gasteiger partial charge in [0.05, 0.1) is 6.10 Å². The molecular formula is C18H22N2O3. The van der Waals surface area contributed by atoms with Crippen LogP contribution in [-0.4, -0.2) is 40.8 Å². The van der Waals surface area contributed by atoms with Crippen LogP contribution in [0.3, 0.4) is 0 Å². The van der Waals surface area contributed by atoms with Gasteiger partial charge in [0, 0.05) is 25.1 Å². The van der Waals surface area contributed by atoms with E-state index in [9.17, 15) is 9.90 Å². The number of hydrogen-bond acceptors (Lipinski definition) is 4. The molecule has 122 valence electrons. The third-order valence-corrected chi connectivity index (χ3v) is 4.60. The fourth-order valence-electron chi connectivity index (χ4n) is 3.27. The molecule has 1 amide bonds. The Morgan fingerprint density at radius 3 is 2.74 bits per heavy atom. The van der Waals surface area contributed by atoms with E-state index in [1.165, 1.54) is 0 Å². The second-order valence-corrected chi connectivity index (χ2v) is 6.27. The van der Waals surface area contributed by atoms with Crippen LogP contribution in [0, 0.1) is 12.8 Å². The number of carbonyl (C=O) groups is 1. The third-order valence-electron chi connectivity index (χ3n) is 4.60. The summed E-state index contributed by atoms with van der Waals surface area (Å²) in [5, 5.41) is 14.0. The molecule has 5 heteroatoms. The normalized spacial score (nSPS) is 20.7. The van der Waals surface area contributed by atoms with Crippen LogP contribution in [0.4, 0.5) is 0 Å². The lowest BCUT2D eigenvalue weighted by Crippen LogP contribution is -2.34. The zero-order valence-corrected chi connectivity index (χ0v) is 13.5. The van der Waals surface area contributed by atoms with Crippen molar-refractivity contribution in [2.24, 2.45) is 5.92 Å². The summed E-state index contributed by atoms with van der Waals surface area (Å²) in [6, 6.07) is 9.56. The fourth-order valence-corrected chi connectivity index (χ4v) is 3.27. The van der Waals surface area contributed by atoms with Crippen LogP contribution < -0.4 is 0 Å². The third kappa shape index (κ3) is 3.15. The van der Waals surface area contributed by atoms with Gasteiger partial charge in [0.25, 0.3) is 5.91 Å². The van der Waals surface area contributed by atoms with Gasteiger partial charge in [-0.2, -0.15) is 0 Å². The molecule has 23 heavy (non-hydrogen) atoms. The van der Waals surface area contributed by atoms with E-state index in [0.717, 1.165) is 24.8 Å². The number of benzene rings is 1. The summed E-state index contributed by atoms with van der Waals surface area (Å²) in [7, 11) is 1.77. The number of aryl methyl sites for hydroxylation is 1. The summed E-state index contributed by atoms with van der Waals surface area (Å²) in [5.74, 6) is 0.568. The Balaban J connectivity index is 1.83. The average molecular weight is 314 g/mol. The van der Waals surface area contributed by atoms with Crippen LogP contribution in [0.15, 0.2) is 34.9 Å². The maximum atomic E-state index is 12.9. The van der Waals surface area contributed by atoms with Gasteiger partial charge in [-0.1, -0.05) is 41.9 Å². The smallest absolute Gasteiger partial charge is 0.259 e. The molecule has 2 unspecified atom stereocenters. The lowest BCUT2D eigenvalue weighted by Gasteiger charge is -2.23. The number of rotatable bonds is 4.